The van der Waals surface area contributed by atoms with Gasteiger partial charge in [-0.2, -0.15) is 0 Å². The number of nitrogens with one attached hydrogen (secondary N) is 1. The zero-order valence-corrected chi connectivity index (χ0v) is 16.9. The molecule has 6 heteroatoms. The lowest BCUT2D eigenvalue weighted by Crippen LogP contribution is -2.22. The predicted molar refractivity (Wildman–Crippen MR) is 114 cm³/mol. The fourth-order valence-corrected chi connectivity index (χ4v) is 4.39. The third-order valence-corrected chi connectivity index (χ3v) is 6.04. The van der Waals surface area contributed by atoms with Crippen molar-refractivity contribution >= 4 is 50.4 Å². The molecule has 1 fully saturated rings. The molecule has 3 aromatic rings. The first-order valence-corrected chi connectivity index (χ1v) is 10.5. The van der Waals surface area contributed by atoms with Gasteiger partial charge in [-0.3, -0.25) is 0 Å². The van der Waals surface area contributed by atoms with Crippen molar-refractivity contribution in [1.82, 2.24) is 4.98 Å². The number of nitrogens with zero attached hydrogens (tertiary/aromatic N) is 1. The van der Waals surface area contributed by atoms with E-state index in [-0.39, 0.29) is 0 Å². The lowest BCUT2D eigenvalue weighted by Gasteiger charge is -2.15. The highest BCUT2D eigenvalue weighted by atomic mass is 35.5. The van der Waals surface area contributed by atoms with E-state index >= 15 is 0 Å². The van der Waals surface area contributed by atoms with Gasteiger partial charge in [0.05, 0.1) is 15.4 Å². The molecule has 2 heterocycles. The van der Waals surface area contributed by atoms with E-state index in [9.17, 15) is 0 Å². The largest absolute Gasteiger partial charge is 0.380 e. The zero-order valence-electron chi connectivity index (χ0n) is 14.6. The van der Waals surface area contributed by atoms with Crippen molar-refractivity contribution < 1.29 is 0 Å². The lowest BCUT2D eigenvalue weighted by molar-refractivity contribution is 0.441. The van der Waals surface area contributed by atoms with Crippen LogP contribution in [0.25, 0.3) is 10.2 Å². The van der Waals surface area contributed by atoms with E-state index < -0.39 is 0 Å². The Hall–Kier alpha value is -1.33. The average molecular weight is 408 g/mol. The van der Waals surface area contributed by atoms with E-state index in [1.165, 1.54) is 37.7 Å². The van der Waals surface area contributed by atoms with Crippen molar-refractivity contribution in [1.29, 1.82) is 0 Å². The second-order valence-electron chi connectivity index (χ2n) is 6.49. The van der Waals surface area contributed by atoms with E-state index in [0.717, 1.165) is 22.4 Å². The van der Waals surface area contributed by atoms with Crippen molar-refractivity contribution in [2.45, 2.75) is 44.7 Å². The molecule has 0 unspecified atom stereocenters. The summed E-state index contributed by atoms with van der Waals surface area (Å²) in [6.07, 6.45) is 6.66. The van der Waals surface area contributed by atoms with Crippen molar-refractivity contribution in [3.05, 3.63) is 57.5 Å². The highest BCUT2D eigenvalue weighted by Crippen LogP contribution is 2.35. The molecule has 0 amide bonds. The van der Waals surface area contributed by atoms with E-state index in [0.29, 0.717) is 16.2 Å². The summed E-state index contributed by atoms with van der Waals surface area (Å²) >= 11 is 13.7. The molecule has 26 heavy (non-hydrogen) atoms. The molecule has 1 aliphatic rings. The molecule has 138 valence electrons. The third kappa shape index (κ3) is 5.34. The SMILES string of the molecule is Clc1cc(NCc2ccccc2)c2scc(Cl)c2n1.NC1CCCCC1. The van der Waals surface area contributed by atoms with Crippen LogP contribution in [0.1, 0.15) is 37.7 Å². The molecule has 4 rings (SSSR count). The lowest BCUT2D eigenvalue weighted by atomic mass is 9.97. The quantitative estimate of drug-likeness (QED) is 0.487. The Bertz CT molecular complexity index is 830. The van der Waals surface area contributed by atoms with Crippen molar-refractivity contribution in [2.75, 3.05) is 5.32 Å². The van der Waals surface area contributed by atoms with Gasteiger partial charge in [-0.1, -0.05) is 72.8 Å². The van der Waals surface area contributed by atoms with Gasteiger partial charge in [-0.15, -0.1) is 11.3 Å². The minimum absolute atomic E-state index is 0.448. The molecule has 1 aromatic carbocycles. The highest BCUT2D eigenvalue weighted by Gasteiger charge is 2.10. The van der Waals surface area contributed by atoms with Gasteiger partial charge < -0.3 is 11.1 Å². The number of benzene rings is 1. The van der Waals surface area contributed by atoms with Crippen LogP contribution in [0.4, 0.5) is 5.69 Å². The molecule has 2 aromatic heterocycles. The Balaban J connectivity index is 0.000000236. The minimum atomic E-state index is 0.448. The first-order valence-electron chi connectivity index (χ1n) is 8.90. The Morgan fingerprint density at radius 3 is 2.50 bits per heavy atom. The van der Waals surface area contributed by atoms with Gasteiger partial charge >= 0.3 is 0 Å². The van der Waals surface area contributed by atoms with Crippen LogP contribution in [0.5, 0.6) is 0 Å². The van der Waals surface area contributed by atoms with Crippen LogP contribution in [0.2, 0.25) is 10.2 Å². The molecule has 0 atom stereocenters. The summed E-state index contributed by atoms with van der Waals surface area (Å²) in [5.74, 6) is 0. The van der Waals surface area contributed by atoms with Crippen molar-refractivity contribution in [2.24, 2.45) is 5.73 Å². The first-order chi connectivity index (χ1) is 12.6. The maximum absolute atomic E-state index is 6.10. The summed E-state index contributed by atoms with van der Waals surface area (Å²) in [6.45, 7) is 0.742. The molecule has 1 saturated carbocycles. The van der Waals surface area contributed by atoms with Crippen LogP contribution >= 0.6 is 34.5 Å². The average Bonchev–Trinajstić information content (AvgIpc) is 3.03. The van der Waals surface area contributed by atoms with Gasteiger partial charge in [-0.05, 0) is 18.4 Å². The molecule has 0 bridgehead atoms. The van der Waals surface area contributed by atoms with E-state index in [2.05, 4.69) is 22.4 Å². The summed E-state index contributed by atoms with van der Waals surface area (Å²) in [6, 6.07) is 12.6. The summed E-state index contributed by atoms with van der Waals surface area (Å²) in [5, 5.41) is 6.35. The van der Waals surface area contributed by atoms with Gasteiger partial charge in [0.15, 0.2) is 0 Å². The number of anilines is 1. The highest BCUT2D eigenvalue weighted by molar-refractivity contribution is 7.18. The maximum atomic E-state index is 6.10. The smallest absolute Gasteiger partial charge is 0.131 e. The number of nitrogens with two attached hydrogens (primary N) is 1. The molecular formula is C20H23Cl2N3S. The number of hydrogen-bond acceptors (Lipinski definition) is 4. The van der Waals surface area contributed by atoms with Crippen LogP contribution in [-0.4, -0.2) is 11.0 Å². The Morgan fingerprint density at radius 1 is 1.12 bits per heavy atom. The monoisotopic (exact) mass is 407 g/mol. The Morgan fingerprint density at radius 2 is 1.85 bits per heavy atom. The van der Waals surface area contributed by atoms with Crippen molar-refractivity contribution in [3.63, 3.8) is 0 Å². The van der Waals surface area contributed by atoms with Gasteiger partial charge in [-0.25, -0.2) is 4.98 Å². The van der Waals surface area contributed by atoms with Crippen LogP contribution in [0, 0.1) is 0 Å². The standard InChI is InChI=1S/C14H10Cl2N2S.C6H13N/c15-10-8-19-14-11(6-12(16)18-13(10)14)17-7-9-4-2-1-3-5-9;7-6-4-2-1-3-5-6/h1-6,8H,7H2,(H,17,18);6H,1-5,7H2. The number of rotatable bonds is 3. The number of aromatic nitrogens is 1. The second-order valence-corrected chi connectivity index (χ2v) is 8.17. The minimum Gasteiger partial charge on any atom is -0.380 e. The number of halogens is 2. The maximum Gasteiger partial charge on any atom is 0.131 e. The normalized spacial score (nSPS) is 14.7. The van der Waals surface area contributed by atoms with Gasteiger partial charge in [0, 0.05) is 24.0 Å². The number of pyridine rings is 1. The Labute approximate surface area is 168 Å². The van der Waals surface area contributed by atoms with E-state index in [1.807, 2.05) is 29.6 Å². The van der Waals surface area contributed by atoms with Gasteiger partial charge in [0.2, 0.25) is 0 Å². The molecule has 1 aliphatic carbocycles. The van der Waals surface area contributed by atoms with E-state index in [1.54, 1.807) is 11.3 Å². The fourth-order valence-electron chi connectivity index (χ4n) is 3.01. The van der Waals surface area contributed by atoms with Crippen LogP contribution < -0.4 is 11.1 Å². The Kier molecular flexibility index (Phi) is 7.15. The van der Waals surface area contributed by atoms with E-state index in [4.69, 9.17) is 28.9 Å². The van der Waals surface area contributed by atoms with Crippen LogP contribution in [0.15, 0.2) is 41.8 Å². The molecule has 0 aliphatic heterocycles. The summed E-state index contributed by atoms with van der Waals surface area (Å²) in [4.78, 5) is 4.25. The number of thiophene rings is 1. The third-order valence-electron chi connectivity index (χ3n) is 4.42. The molecule has 3 nitrogen and oxygen atoms in total. The second kappa shape index (κ2) is 9.56. The van der Waals surface area contributed by atoms with Crippen molar-refractivity contribution in [3.8, 4) is 0 Å². The fraction of sp³-hybridized carbons (Fsp3) is 0.350. The number of fused-ring (bicyclic) bond motifs is 1. The topological polar surface area (TPSA) is 50.9 Å². The molecule has 3 N–H and O–H groups in total. The molecule has 0 spiro atoms. The number of hydrogen-bond donors (Lipinski definition) is 2. The molecule has 0 saturated heterocycles. The molecule has 0 radical (unpaired) electrons. The van der Waals surface area contributed by atoms with Gasteiger partial charge in [0.1, 0.15) is 10.7 Å². The summed E-state index contributed by atoms with van der Waals surface area (Å²) in [7, 11) is 0. The predicted octanol–water partition coefficient (Wildman–Crippen LogP) is 6.49. The zero-order chi connectivity index (χ0) is 18.4. The summed E-state index contributed by atoms with van der Waals surface area (Å²) < 4.78 is 1.03. The summed E-state index contributed by atoms with van der Waals surface area (Å²) in [5.41, 5.74) is 8.58. The first kappa shape index (κ1) is 19.4. The molecular weight excluding hydrogens is 385 g/mol. The van der Waals surface area contributed by atoms with Crippen LogP contribution in [-0.2, 0) is 6.54 Å². The van der Waals surface area contributed by atoms with Crippen LogP contribution in [0.3, 0.4) is 0 Å². The van der Waals surface area contributed by atoms with Gasteiger partial charge in [0.25, 0.3) is 0 Å².